The maximum atomic E-state index is 9.53. The second-order valence-electron chi connectivity index (χ2n) is 4.24. The number of aliphatic hydroxyl groups excluding tert-OH is 1. The number of aromatic nitrogens is 2. The van der Waals surface area contributed by atoms with Crippen molar-refractivity contribution in [2.45, 2.75) is 32.4 Å². The number of imidazole rings is 1. The summed E-state index contributed by atoms with van der Waals surface area (Å²) in [6.07, 6.45) is 5.28. The van der Waals surface area contributed by atoms with Gasteiger partial charge in [0.25, 0.3) is 0 Å². The highest BCUT2D eigenvalue weighted by atomic mass is 16.3. The summed E-state index contributed by atoms with van der Waals surface area (Å²) in [4.78, 5) is 4.15. The Bertz CT molecular complexity index is 448. The van der Waals surface area contributed by atoms with E-state index in [0.29, 0.717) is 0 Å². The van der Waals surface area contributed by atoms with Crippen LogP contribution >= 0.6 is 0 Å². The first-order chi connectivity index (χ1) is 8.27. The van der Waals surface area contributed by atoms with Crippen molar-refractivity contribution in [1.29, 1.82) is 0 Å². The molecule has 90 valence electrons. The van der Waals surface area contributed by atoms with Crippen LogP contribution in [0.25, 0.3) is 0 Å². The largest absolute Gasteiger partial charge is 0.385 e. The third kappa shape index (κ3) is 3.17. The van der Waals surface area contributed by atoms with Gasteiger partial charge in [-0.2, -0.15) is 0 Å². The molecule has 0 aliphatic rings. The van der Waals surface area contributed by atoms with E-state index >= 15 is 0 Å². The first kappa shape index (κ1) is 11.9. The lowest BCUT2D eigenvalue weighted by atomic mass is 10.1. The minimum Gasteiger partial charge on any atom is -0.385 e. The van der Waals surface area contributed by atoms with Crippen LogP contribution in [0.15, 0.2) is 42.7 Å². The van der Waals surface area contributed by atoms with Gasteiger partial charge in [0, 0.05) is 18.9 Å². The van der Waals surface area contributed by atoms with Gasteiger partial charge in [-0.3, -0.25) is 0 Å². The van der Waals surface area contributed by atoms with E-state index in [1.807, 2.05) is 16.8 Å². The maximum Gasteiger partial charge on any atom is 0.137 e. The van der Waals surface area contributed by atoms with Crippen LogP contribution in [-0.2, 0) is 13.0 Å². The van der Waals surface area contributed by atoms with Crippen molar-refractivity contribution in [1.82, 2.24) is 9.55 Å². The van der Waals surface area contributed by atoms with E-state index in [1.165, 1.54) is 5.56 Å². The summed E-state index contributed by atoms with van der Waals surface area (Å²) < 4.78 is 2.02. The van der Waals surface area contributed by atoms with Crippen LogP contribution in [0.1, 0.15) is 30.8 Å². The van der Waals surface area contributed by atoms with E-state index in [-0.39, 0.29) is 0 Å². The molecule has 1 N–H and O–H groups in total. The second-order valence-corrected chi connectivity index (χ2v) is 4.24. The summed E-state index contributed by atoms with van der Waals surface area (Å²) >= 11 is 0. The molecule has 0 radical (unpaired) electrons. The Morgan fingerprint density at radius 1 is 1.29 bits per heavy atom. The van der Waals surface area contributed by atoms with Crippen LogP contribution in [0.5, 0.6) is 0 Å². The summed E-state index contributed by atoms with van der Waals surface area (Å²) in [5, 5.41) is 9.53. The van der Waals surface area contributed by atoms with Crippen LogP contribution in [0.4, 0.5) is 0 Å². The molecule has 1 atom stereocenters. The van der Waals surface area contributed by atoms with E-state index in [9.17, 15) is 5.11 Å². The molecule has 2 aromatic rings. The molecule has 17 heavy (non-hydrogen) atoms. The predicted molar refractivity (Wildman–Crippen MR) is 67.6 cm³/mol. The minimum absolute atomic E-state index is 0.498. The number of aliphatic hydroxyl groups is 1. The van der Waals surface area contributed by atoms with Crippen molar-refractivity contribution in [2.75, 3.05) is 0 Å². The molecule has 0 spiro atoms. The van der Waals surface area contributed by atoms with Crippen molar-refractivity contribution >= 4 is 0 Å². The van der Waals surface area contributed by atoms with Gasteiger partial charge in [-0.1, -0.05) is 30.3 Å². The third-order valence-electron chi connectivity index (χ3n) is 2.83. The molecule has 0 aliphatic heterocycles. The molecule has 3 heteroatoms. The fourth-order valence-corrected chi connectivity index (χ4v) is 1.98. The van der Waals surface area contributed by atoms with Crippen LogP contribution in [-0.4, -0.2) is 14.7 Å². The average molecular weight is 230 g/mol. The van der Waals surface area contributed by atoms with E-state index in [4.69, 9.17) is 0 Å². The summed E-state index contributed by atoms with van der Waals surface area (Å²) in [7, 11) is 0. The minimum atomic E-state index is -0.498. The number of benzene rings is 1. The average Bonchev–Trinajstić information content (AvgIpc) is 2.79. The van der Waals surface area contributed by atoms with Gasteiger partial charge in [0.15, 0.2) is 0 Å². The molecule has 0 fully saturated rings. The fraction of sp³-hybridized carbons (Fsp3) is 0.357. The van der Waals surface area contributed by atoms with Gasteiger partial charge in [0.05, 0.1) is 0 Å². The quantitative estimate of drug-likeness (QED) is 0.857. The van der Waals surface area contributed by atoms with Crippen LogP contribution in [0, 0.1) is 0 Å². The van der Waals surface area contributed by atoms with Gasteiger partial charge in [-0.15, -0.1) is 0 Å². The number of rotatable bonds is 5. The normalized spacial score (nSPS) is 12.6. The van der Waals surface area contributed by atoms with Gasteiger partial charge in [-0.05, 0) is 25.3 Å². The Hall–Kier alpha value is -1.61. The Labute approximate surface area is 102 Å². The van der Waals surface area contributed by atoms with E-state index < -0.39 is 6.10 Å². The second kappa shape index (κ2) is 5.64. The lowest BCUT2D eigenvalue weighted by Gasteiger charge is -2.09. The Morgan fingerprint density at radius 2 is 2.06 bits per heavy atom. The molecule has 0 bridgehead atoms. The lowest BCUT2D eigenvalue weighted by Crippen LogP contribution is -2.07. The molecular weight excluding hydrogens is 212 g/mol. The molecule has 0 saturated heterocycles. The van der Waals surface area contributed by atoms with Crippen molar-refractivity contribution in [3.63, 3.8) is 0 Å². The van der Waals surface area contributed by atoms with Gasteiger partial charge >= 0.3 is 0 Å². The van der Waals surface area contributed by atoms with Crippen LogP contribution < -0.4 is 0 Å². The Morgan fingerprint density at radius 3 is 2.76 bits per heavy atom. The highest BCUT2D eigenvalue weighted by molar-refractivity contribution is 5.14. The van der Waals surface area contributed by atoms with Gasteiger partial charge in [-0.25, -0.2) is 4.98 Å². The fourth-order valence-electron chi connectivity index (χ4n) is 1.98. The molecule has 0 amide bonds. The molecule has 1 aromatic heterocycles. The smallest absolute Gasteiger partial charge is 0.137 e. The monoisotopic (exact) mass is 230 g/mol. The maximum absolute atomic E-state index is 9.53. The van der Waals surface area contributed by atoms with Crippen LogP contribution in [0.3, 0.4) is 0 Å². The Balaban J connectivity index is 1.88. The zero-order chi connectivity index (χ0) is 12.1. The number of hydrogen-bond donors (Lipinski definition) is 1. The number of hydrogen-bond acceptors (Lipinski definition) is 2. The van der Waals surface area contributed by atoms with Gasteiger partial charge < -0.3 is 9.67 Å². The van der Waals surface area contributed by atoms with Crippen molar-refractivity contribution in [2.24, 2.45) is 0 Å². The molecule has 1 unspecified atom stereocenters. The molecule has 1 aromatic carbocycles. The standard InChI is InChI=1S/C14H18N2O/c1-12(17)14-15-9-11-16(14)10-5-8-13-6-3-2-4-7-13/h2-4,6-7,9,11-12,17H,5,8,10H2,1H3. The third-order valence-corrected chi connectivity index (χ3v) is 2.83. The van der Waals surface area contributed by atoms with E-state index in [0.717, 1.165) is 25.2 Å². The van der Waals surface area contributed by atoms with Crippen molar-refractivity contribution in [3.8, 4) is 0 Å². The molecular formula is C14H18N2O. The summed E-state index contributed by atoms with van der Waals surface area (Å²) in [5.74, 6) is 0.748. The van der Waals surface area contributed by atoms with E-state index in [2.05, 4.69) is 29.2 Å². The molecule has 3 nitrogen and oxygen atoms in total. The zero-order valence-electron chi connectivity index (χ0n) is 10.1. The first-order valence-electron chi connectivity index (χ1n) is 6.00. The predicted octanol–water partition coefficient (Wildman–Crippen LogP) is 2.57. The SMILES string of the molecule is CC(O)c1nccn1CCCc1ccccc1. The number of aryl methyl sites for hydroxylation is 2. The zero-order valence-corrected chi connectivity index (χ0v) is 10.1. The van der Waals surface area contributed by atoms with Gasteiger partial charge in [0.1, 0.15) is 11.9 Å². The van der Waals surface area contributed by atoms with Crippen LogP contribution in [0.2, 0.25) is 0 Å². The molecule has 0 aliphatic carbocycles. The summed E-state index contributed by atoms with van der Waals surface area (Å²) in [5.41, 5.74) is 1.35. The molecule has 2 rings (SSSR count). The molecule has 1 heterocycles. The van der Waals surface area contributed by atoms with Gasteiger partial charge in [0.2, 0.25) is 0 Å². The van der Waals surface area contributed by atoms with Crippen molar-refractivity contribution < 1.29 is 5.11 Å². The van der Waals surface area contributed by atoms with Crippen molar-refractivity contribution in [3.05, 3.63) is 54.1 Å². The van der Waals surface area contributed by atoms with E-state index in [1.54, 1.807) is 13.1 Å². The highest BCUT2D eigenvalue weighted by Gasteiger charge is 2.07. The lowest BCUT2D eigenvalue weighted by molar-refractivity contribution is 0.183. The Kier molecular flexibility index (Phi) is 3.94. The summed E-state index contributed by atoms with van der Waals surface area (Å²) in [6.45, 7) is 2.64. The highest BCUT2D eigenvalue weighted by Crippen LogP contribution is 2.11. The first-order valence-corrected chi connectivity index (χ1v) is 6.00. The number of nitrogens with zero attached hydrogens (tertiary/aromatic N) is 2. The molecule has 0 saturated carbocycles. The summed E-state index contributed by atoms with van der Waals surface area (Å²) in [6, 6.07) is 10.4. The topological polar surface area (TPSA) is 38.1 Å².